The van der Waals surface area contributed by atoms with Gasteiger partial charge in [0.25, 0.3) is 0 Å². The third-order valence-electron chi connectivity index (χ3n) is 6.25. The second-order valence-electron chi connectivity index (χ2n) is 7.85. The largest absolute Gasteiger partial charge is 0.369 e. The van der Waals surface area contributed by atoms with Crippen LogP contribution in [0, 0.1) is 11.6 Å². The highest BCUT2D eigenvalue weighted by atomic mass is 35.5. The predicted octanol–water partition coefficient (Wildman–Crippen LogP) is 5.19. The van der Waals surface area contributed by atoms with Crippen LogP contribution >= 0.6 is 35.6 Å². The molecule has 0 atom stereocenters. The average molecular weight is 492 g/mol. The fraction of sp³-hybridized carbons (Fsp3) is 0.364. The molecule has 0 saturated heterocycles. The summed E-state index contributed by atoms with van der Waals surface area (Å²) in [6.45, 7) is 0. The van der Waals surface area contributed by atoms with Crippen LogP contribution in [0.3, 0.4) is 0 Å². The lowest BCUT2D eigenvalue weighted by Gasteiger charge is -2.39. The minimum Gasteiger partial charge on any atom is -0.369 e. The zero-order chi connectivity index (χ0) is 22.1. The van der Waals surface area contributed by atoms with Crippen molar-refractivity contribution >= 4 is 47.4 Å². The molecular formula is C22H23Cl3F2N2O2. The molecule has 0 radical (unpaired) electrons. The monoisotopic (exact) mass is 490 g/mol. The zero-order valence-corrected chi connectivity index (χ0v) is 18.9. The van der Waals surface area contributed by atoms with E-state index in [-0.39, 0.29) is 12.4 Å². The molecule has 2 saturated carbocycles. The number of carbonyl (C=O) groups excluding carboxylic acids is 2. The molecule has 31 heavy (non-hydrogen) atoms. The molecule has 2 aliphatic carbocycles. The molecule has 2 fully saturated rings. The quantitative estimate of drug-likeness (QED) is 0.616. The standard InChI is InChI=1S/2C11H11ClFNO.ClH/c2*12-7-2-3-9(13)8(6-7)11(10(14)15)4-1-5-11;/h2*2-3,6H,1,4-5H2,(H2,14,15);1H. The number of benzene rings is 2. The summed E-state index contributed by atoms with van der Waals surface area (Å²) in [5, 5.41) is 0.859. The van der Waals surface area contributed by atoms with Crippen molar-refractivity contribution in [2.45, 2.75) is 49.4 Å². The summed E-state index contributed by atoms with van der Waals surface area (Å²) in [6.07, 6.45) is 4.24. The van der Waals surface area contributed by atoms with E-state index in [9.17, 15) is 18.4 Å². The Morgan fingerprint density at radius 1 is 0.742 bits per heavy atom. The molecule has 0 heterocycles. The van der Waals surface area contributed by atoms with Crippen molar-refractivity contribution in [3.63, 3.8) is 0 Å². The first kappa shape index (κ1) is 25.4. The first-order valence-electron chi connectivity index (χ1n) is 9.63. The summed E-state index contributed by atoms with van der Waals surface area (Å²) < 4.78 is 27.2. The van der Waals surface area contributed by atoms with Crippen molar-refractivity contribution in [2.24, 2.45) is 11.5 Å². The summed E-state index contributed by atoms with van der Waals surface area (Å²) in [6, 6.07) is 8.49. The van der Waals surface area contributed by atoms with Gasteiger partial charge in [-0.3, -0.25) is 9.59 Å². The van der Waals surface area contributed by atoms with E-state index in [0.717, 1.165) is 12.8 Å². The van der Waals surface area contributed by atoms with Gasteiger partial charge < -0.3 is 11.5 Å². The van der Waals surface area contributed by atoms with Gasteiger partial charge in [0.2, 0.25) is 11.8 Å². The topological polar surface area (TPSA) is 86.2 Å². The molecule has 2 aromatic rings. The Morgan fingerprint density at radius 3 is 1.29 bits per heavy atom. The van der Waals surface area contributed by atoms with Crippen LogP contribution in [0.4, 0.5) is 8.78 Å². The van der Waals surface area contributed by atoms with Gasteiger partial charge in [-0.2, -0.15) is 0 Å². The molecule has 0 aliphatic heterocycles. The van der Waals surface area contributed by atoms with Crippen LogP contribution in [0.15, 0.2) is 36.4 Å². The number of nitrogens with two attached hydrogens (primary N) is 2. The number of hydrogen-bond acceptors (Lipinski definition) is 2. The third-order valence-corrected chi connectivity index (χ3v) is 6.72. The molecule has 0 aromatic heterocycles. The third kappa shape index (κ3) is 4.66. The molecular weight excluding hydrogens is 469 g/mol. The van der Waals surface area contributed by atoms with E-state index in [2.05, 4.69) is 0 Å². The number of primary amides is 2. The van der Waals surface area contributed by atoms with E-state index in [1.807, 2.05) is 0 Å². The average Bonchev–Trinajstić information content (AvgIpc) is 2.59. The molecule has 4 nitrogen and oxygen atoms in total. The number of amides is 2. The first-order valence-corrected chi connectivity index (χ1v) is 10.4. The molecule has 4 N–H and O–H groups in total. The van der Waals surface area contributed by atoms with Crippen molar-refractivity contribution in [2.75, 3.05) is 0 Å². The Hall–Kier alpha value is -1.89. The maximum absolute atomic E-state index is 13.6. The SMILES string of the molecule is Cl.NC(=O)C1(c2cc(Cl)ccc2F)CCC1.NC(=O)C1(c2cc(Cl)ccc2F)CCC1. The second-order valence-corrected chi connectivity index (χ2v) is 8.72. The highest BCUT2D eigenvalue weighted by molar-refractivity contribution is 6.31. The predicted molar refractivity (Wildman–Crippen MR) is 120 cm³/mol. The fourth-order valence-electron chi connectivity index (χ4n) is 4.09. The molecule has 0 bridgehead atoms. The first-order chi connectivity index (χ1) is 14.1. The van der Waals surface area contributed by atoms with Gasteiger partial charge in [-0.05, 0) is 62.1 Å². The Labute approximate surface area is 195 Å². The van der Waals surface area contributed by atoms with Crippen LogP contribution in [0.5, 0.6) is 0 Å². The van der Waals surface area contributed by atoms with Crippen molar-refractivity contribution in [3.05, 3.63) is 69.2 Å². The van der Waals surface area contributed by atoms with Crippen LogP contribution in [0.1, 0.15) is 49.7 Å². The van der Waals surface area contributed by atoms with Gasteiger partial charge >= 0.3 is 0 Å². The Morgan fingerprint density at radius 2 is 1.06 bits per heavy atom. The highest BCUT2D eigenvalue weighted by Gasteiger charge is 2.46. The van der Waals surface area contributed by atoms with Gasteiger partial charge in [-0.15, -0.1) is 12.4 Å². The lowest BCUT2D eigenvalue weighted by atomic mass is 9.64. The summed E-state index contributed by atoms with van der Waals surface area (Å²) >= 11 is 11.6. The number of rotatable bonds is 4. The normalized spacial score (nSPS) is 17.7. The highest BCUT2D eigenvalue weighted by Crippen LogP contribution is 2.46. The van der Waals surface area contributed by atoms with Gasteiger partial charge in [0, 0.05) is 21.2 Å². The molecule has 9 heteroatoms. The van der Waals surface area contributed by atoms with E-state index in [1.54, 1.807) is 0 Å². The van der Waals surface area contributed by atoms with Crippen LogP contribution in [0.25, 0.3) is 0 Å². The minimum absolute atomic E-state index is 0. The van der Waals surface area contributed by atoms with Crippen molar-refractivity contribution in [1.82, 2.24) is 0 Å². The zero-order valence-electron chi connectivity index (χ0n) is 16.6. The summed E-state index contributed by atoms with van der Waals surface area (Å²) in [5.41, 5.74) is 9.70. The van der Waals surface area contributed by atoms with Gasteiger partial charge in [0.1, 0.15) is 11.6 Å². The van der Waals surface area contributed by atoms with Gasteiger partial charge in [-0.1, -0.05) is 36.0 Å². The van der Waals surface area contributed by atoms with Crippen LogP contribution in [-0.4, -0.2) is 11.8 Å². The number of carbonyl (C=O) groups is 2. The number of halogens is 5. The second kappa shape index (κ2) is 9.72. The molecule has 2 aromatic carbocycles. The Bertz CT molecular complexity index is 913. The molecule has 168 valence electrons. The van der Waals surface area contributed by atoms with E-state index in [0.29, 0.717) is 46.9 Å². The van der Waals surface area contributed by atoms with E-state index < -0.39 is 34.3 Å². The van der Waals surface area contributed by atoms with Crippen molar-refractivity contribution in [1.29, 1.82) is 0 Å². The fourth-order valence-corrected chi connectivity index (χ4v) is 4.43. The molecule has 0 unspecified atom stereocenters. The van der Waals surface area contributed by atoms with Gasteiger partial charge in [0.15, 0.2) is 0 Å². The summed E-state index contributed by atoms with van der Waals surface area (Å²) in [4.78, 5) is 22.8. The lowest BCUT2D eigenvalue weighted by Crippen LogP contribution is -2.47. The molecule has 2 aliphatic rings. The summed E-state index contributed by atoms with van der Waals surface area (Å²) in [5.74, 6) is -1.74. The minimum atomic E-state index is -0.824. The van der Waals surface area contributed by atoms with Crippen molar-refractivity contribution < 1.29 is 18.4 Å². The number of hydrogen-bond donors (Lipinski definition) is 2. The van der Waals surface area contributed by atoms with Crippen LogP contribution in [-0.2, 0) is 20.4 Å². The Balaban J connectivity index is 0.000000213. The van der Waals surface area contributed by atoms with E-state index in [1.165, 1.54) is 36.4 Å². The lowest BCUT2D eigenvalue weighted by molar-refractivity contribution is -0.127. The van der Waals surface area contributed by atoms with Gasteiger partial charge in [0.05, 0.1) is 10.8 Å². The Kier molecular flexibility index (Phi) is 7.95. The van der Waals surface area contributed by atoms with E-state index >= 15 is 0 Å². The molecule has 0 spiro atoms. The van der Waals surface area contributed by atoms with Gasteiger partial charge in [-0.25, -0.2) is 8.78 Å². The smallest absolute Gasteiger partial charge is 0.228 e. The molecule has 2 amide bonds. The van der Waals surface area contributed by atoms with E-state index in [4.69, 9.17) is 34.7 Å². The maximum atomic E-state index is 13.6. The van der Waals surface area contributed by atoms with Crippen LogP contribution < -0.4 is 11.5 Å². The summed E-state index contributed by atoms with van der Waals surface area (Å²) in [7, 11) is 0. The van der Waals surface area contributed by atoms with Crippen LogP contribution in [0.2, 0.25) is 10.0 Å². The molecule has 4 rings (SSSR count). The maximum Gasteiger partial charge on any atom is 0.228 e. The van der Waals surface area contributed by atoms with Crippen molar-refractivity contribution in [3.8, 4) is 0 Å².